The summed E-state index contributed by atoms with van der Waals surface area (Å²) in [5, 5.41) is 13.0. The van der Waals surface area contributed by atoms with Gasteiger partial charge < -0.3 is 14.8 Å². The van der Waals surface area contributed by atoms with Crippen LogP contribution in [0, 0.1) is 25.2 Å². The van der Waals surface area contributed by atoms with Crippen molar-refractivity contribution in [3.05, 3.63) is 91.9 Å². The third-order valence-corrected chi connectivity index (χ3v) is 6.06. The van der Waals surface area contributed by atoms with Crippen molar-refractivity contribution < 1.29 is 14.3 Å². The Hall–Kier alpha value is -3.27. The van der Waals surface area contributed by atoms with Gasteiger partial charge in [0, 0.05) is 16.3 Å². The maximum Gasteiger partial charge on any atom is 0.266 e. The summed E-state index contributed by atoms with van der Waals surface area (Å²) in [5.74, 6) is 0.512. The number of hydrogen-bond donors (Lipinski definition) is 1. The van der Waals surface area contributed by atoms with Crippen molar-refractivity contribution in [3.63, 3.8) is 0 Å². The number of nitriles is 1. The number of nitrogens with one attached hydrogen (secondary N) is 1. The molecular weight excluding hydrogens is 516 g/mol. The highest BCUT2D eigenvalue weighted by Crippen LogP contribution is 2.38. The molecule has 0 spiro atoms. The van der Waals surface area contributed by atoms with E-state index in [1.807, 2.05) is 63.2 Å². The molecule has 0 bridgehead atoms. The maximum atomic E-state index is 12.7. The van der Waals surface area contributed by atoms with Crippen LogP contribution in [0.2, 0.25) is 5.02 Å². The summed E-state index contributed by atoms with van der Waals surface area (Å²) in [7, 11) is 0. The predicted octanol–water partition coefficient (Wildman–Crippen LogP) is 7.24. The summed E-state index contributed by atoms with van der Waals surface area (Å²) >= 11 is 9.76. The number of aryl methyl sites for hydroxylation is 2. The van der Waals surface area contributed by atoms with Gasteiger partial charge in [-0.3, -0.25) is 4.79 Å². The van der Waals surface area contributed by atoms with Gasteiger partial charge in [0.1, 0.15) is 18.2 Å². The van der Waals surface area contributed by atoms with Crippen molar-refractivity contribution in [2.24, 2.45) is 0 Å². The summed E-state index contributed by atoms with van der Waals surface area (Å²) < 4.78 is 12.4. The molecule has 3 aromatic rings. The molecule has 0 saturated carbocycles. The zero-order valence-electron chi connectivity index (χ0n) is 19.1. The lowest BCUT2D eigenvalue weighted by molar-refractivity contribution is -0.112. The fourth-order valence-electron chi connectivity index (χ4n) is 3.17. The van der Waals surface area contributed by atoms with Crippen LogP contribution in [-0.4, -0.2) is 12.5 Å². The third kappa shape index (κ3) is 6.40. The van der Waals surface area contributed by atoms with E-state index in [-0.39, 0.29) is 12.2 Å². The molecule has 3 rings (SSSR count). The Morgan fingerprint density at radius 2 is 1.88 bits per heavy atom. The van der Waals surface area contributed by atoms with Crippen LogP contribution >= 0.6 is 27.5 Å². The van der Waals surface area contributed by atoms with Crippen LogP contribution in [0.3, 0.4) is 0 Å². The minimum atomic E-state index is -0.487. The molecular formula is C27H24BrClN2O3. The van der Waals surface area contributed by atoms with E-state index in [2.05, 4.69) is 21.2 Å². The van der Waals surface area contributed by atoms with Crippen molar-refractivity contribution in [1.29, 1.82) is 5.26 Å². The Bertz CT molecular complexity index is 1280. The first-order valence-corrected chi connectivity index (χ1v) is 11.8. The molecule has 0 aliphatic heterocycles. The summed E-state index contributed by atoms with van der Waals surface area (Å²) in [6, 6.07) is 18.5. The van der Waals surface area contributed by atoms with Crippen molar-refractivity contribution in [3.8, 4) is 17.6 Å². The lowest BCUT2D eigenvalue weighted by atomic mass is 10.1. The number of carbonyl (C=O) groups excluding carboxylic acids is 1. The van der Waals surface area contributed by atoms with Gasteiger partial charge in [-0.25, -0.2) is 0 Å². The molecule has 3 aromatic carbocycles. The number of amides is 1. The second-order valence-corrected chi connectivity index (χ2v) is 8.83. The van der Waals surface area contributed by atoms with Crippen LogP contribution in [0.4, 0.5) is 5.69 Å². The van der Waals surface area contributed by atoms with Crippen LogP contribution in [0.5, 0.6) is 11.5 Å². The zero-order valence-corrected chi connectivity index (χ0v) is 21.5. The maximum absolute atomic E-state index is 12.7. The lowest BCUT2D eigenvalue weighted by Crippen LogP contribution is -2.13. The van der Waals surface area contributed by atoms with Gasteiger partial charge >= 0.3 is 0 Å². The summed E-state index contributed by atoms with van der Waals surface area (Å²) in [6.07, 6.45) is 1.52. The molecule has 174 valence electrons. The summed E-state index contributed by atoms with van der Waals surface area (Å²) in [6.45, 7) is 6.51. The highest BCUT2D eigenvalue weighted by atomic mass is 79.9. The highest BCUT2D eigenvalue weighted by Gasteiger charge is 2.15. The van der Waals surface area contributed by atoms with Gasteiger partial charge in [0.05, 0.1) is 11.1 Å². The molecule has 0 fully saturated rings. The first kappa shape index (κ1) is 25.4. The Morgan fingerprint density at radius 1 is 1.12 bits per heavy atom. The van der Waals surface area contributed by atoms with Gasteiger partial charge in [0.25, 0.3) is 5.91 Å². The Morgan fingerprint density at radius 3 is 2.56 bits per heavy atom. The average molecular weight is 540 g/mol. The first-order valence-electron chi connectivity index (χ1n) is 10.6. The van der Waals surface area contributed by atoms with Crippen LogP contribution in [0.1, 0.15) is 29.2 Å². The molecule has 5 nitrogen and oxygen atoms in total. The predicted molar refractivity (Wildman–Crippen MR) is 139 cm³/mol. The second kappa shape index (κ2) is 11.7. The van der Waals surface area contributed by atoms with Gasteiger partial charge in [-0.1, -0.05) is 35.9 Å². The standard InChI is InChI=1S/C27H24BrClN2O3/c1-4-33-25-14-19(13-23(28)26(25)34-16-20-7-5-6-8-24(20)29)12-21(15-30)27(32)31-22-10-9-17(2)18(3)11-22/h5-14H,4,16H2,1-3H3,(H,31,32)/b21-12+. The molecule has 1 N–H and O–H groups in total. The van der Waals surface area contributed by atoms with Gasteiger partial charge in [0.2, 0.25) is 0 Å². The molecule has 34 heavy (non-hydrogen) atoms. The molecule has 0 saturated heterocycles. The Balaban J connectivity index is 1.86. The van der Waals surface area contributed by atoms with Gasteiger partial charge in [-0.2, -0.15) is 5.26 Å². The van der Waals surface area contributed by atoms with Gasteiger partial charge in [-0.15, -0.1) is 0 Å². The molecule has 0 aliphatic rings. The number of rotatable bonds is 8. The zero-order chi connectivity index (χ0) is 24.7. The van der Waals surface area contributed by atoms with Crippen molar-refractivity contribution in [2.45, 2.75) is 27.4 Å². The molecule has 0 atom stereocenters. The van der Waals surface area contributed by atoms with E-state index in [0.29, 0.717) is 38.9 Å². The molecule has 0 heterocycles. The number of halogens is 2. The smallest absolute Gasteiger partial charge is 0.266 e. The third-order valence-electron chi connectivity index (χ3n) is 5.10. The van der Waals surface area contributed by atoms with E-state index >= 15 is 0 Å². The quantitative estimate of drug-likeness (QED) is 0.242. The van der Waals surface area contributed by atoms with Crippen LogP contribution in [0.15, 0.2) is 64.6 Å². The minimum Gasteiger partial charge on any atom is -0.490 e. The average Bonchev–Trinajstić information content (AvgIpc) is 2.80. The van der Waals surface area contributed by atoms with E-state index in [0.717, 1.165) is 16.7 Å². The normalized spacial score (nSPS) is 11.0. The number of carbonyl (C=O) groups is 1. The highest BCUT2D eigenvalue weighted by molar-refractivity contribution is 9.10. The molecule has 0 aromatic heterocycles. The fraction of sp³-hybridized carbons (Fsp3) is 0.185. The lowest BCUT2D eigenvalue weighted by Gasteiger charge is -2.15. The monoisotopic (exact) mass is 538 g/mol. The number of nitrogens with zero attached hydrogens (tertiary/aromatic N) is 1. The first-order chi connectivity index (χ1) is 16.3. The van der Waals surface area contributed by atoms with Crippen molar-refractivity contribution >= 4 is 45.2 Å². The van der Waals surface area contributed by atoms with Gasteiger partial charge in [0.15, 0.2) is 11.5 Å². The summed E-state index contributed by atoms with van der Waals surface area (Å²) in [4.78, 5) is 12.7. The molecule has 0 aliphatic carbocycles. The molecule has 1 amide bonds. The number of ether oxygens (including phenoxy) is 2. The van der Waals surface area contributed by atoms with E-state index in [1.165, 1.54) is 6.08 Å². The fourth-order valence-corrected chi connectivity index (χ4v) is 3.94. The van der Waals surface area contributed by atoms with E-state index in [1.54, 1.807) is 18.2 Å². The van der Waals surface area contributed by atoms with Crippen LogP contribution in [0.25, 0.3) is 6.08 Å². The topological polar surface area (TPSA) is 71.3 Å². The van der Waals surface area contributed by atoms with Crippen molar-refractivity contribution in [2.75, 3.05) is 11.9 Å². The number of anilines is 1. The van der Waals surface area contributed by atoms with E-state index in [9.17, 15) is 10.1 Å². The van der Waals surface area contributed by atoms with Gasteiger partial charge in [-0.05, 0) is 89.8 Å². The second-order valence-electron chi connectivity index (χ2n) is 7.57. The Labute approximate surface area is 213 Å². The SMILES string of the molecule is CCOc1cc(/C=C(\C#N)C(=O)Nc2ccc(C)c(C)c2)cc(Br)c1OCc1ccccc1Cl. The minimum absolute atomic E-state index is 0.0303. The van der Waals surface area contributed by atoms with E-state index in [4.69, 9.17) is 21.1 Å². The Kier molecular flexibility index (Phi) is 8.75. The molecule has 7 heteroatoms. The van der Waals surface area contributed by atoms with Crippen LogP contribution in [-0.2, 0) is 11.4 Å². The molecule has 0 unspecified atom stereocenters. The van der Waals surface area contributed by atoms with E-state index < -0.39 is 5.91 Å². The number of benzene rings is 3. The number of hydrogen-bond acceptors (Lipinski definition) is 4. The largest absolute Gasteiger partial charge is 0.490 e. The van der Waals surface area contributed by atoms with Crippen molar-refractivity contribution in [1.82, 2.24) is 0 Å². The molecule has 0 radical (unpaired) electrons. The van der Waals surface area contributed by atoms with Crippen LogP contribution < -0.4 is 14.8 Å². The summed E-state index contributed by atoms with van der Waals surface area (Å²) in [5.41, 5.74) is 4.24.